The number of nitrogens with zero attached hydrogens (tertiary/aromatic N) is 4. The fourth-order valence-corrected chi connectivity index (χ4v) is 3.95. The SMILES string of the molecule is CCC(CC)(CN)c1nn2c(C3CCOC3)nnc2s1. The Morgan fingerprint density at radius 2 is 2.20 bits per heavy atom. The minimum atomic E-state index is -0.0329. The molecule has 0 spiro atoms. The summed E-state index contributed by atoms with van der Waals surface area (Å²) in [6.45, 7) is 6.48. The molecule has 6 nitrogen and oxygen atoms in total. The van der Waals surface area contributed by atoms with Crippen molar-refractivity contribution < 1.29 is 4.74 Å². The lowest BCUT2D eigenvalue weighted by Crippen LogP contribution is -2.33. The van der Waals surface area contributed by atoms with Crippen molar-refractivity contribution in [3.8, 4) is 0 Å². The number of hydrogen-bond acceptors (Lipinski definition) is 6. The van der Waals surface area contributed by atoms with Crippen LogP contribution in [0.4, 0.5) is 0 Å². The molecule has 0 aliphatic carbocycles. The van der Waals surface area contributed by atoms with Gasteiger partial charge in [0.25, 0.3) is 0 Å². The van der Waals surface area contributed by atoms with Gasteiger partial charge in [0.05, 0.1) is 6.61 Å². The zero-order valence-electron chi connectivity index (χ0n) is 12.0. The summed E-state index contributed by atoms with van der Waals surface area (Å²) in [5.74, 6) is 1.24. The summed E-state index contributed by atoms with van der Waals surface area (Å²) < 4.78 is 7.34. The highest BCUT2D eigenvalue weighted by atomic mass is 32.1. The van der Waals surface area contributed by atoms with Crippen molar-refractivity contribution in [2.75, 3.05) is 19.8 Å². The molecule has 3 heterocycles. The minimum absolute atomic E-state index is 0.0329. The van der Waals surface area contributed by atoms with Gasteiger partial charge in [-0.25, -0.2) is 0 Å². The molecule has 3 rings (SSSR count). The van der Waals surface area contributed by atoms with E-state index in [2.05, 4.69) is 24.0 Å². The maximum Gasteiger partial charge on any atom is 0.234 e. The third kappa shape index (κ3) is 2.04. The Labute approximate surface area is 122 Å². The van der Waals surface area contributed by atoms with Crippen LogP contribution in [0.15, 0.2) is 0 Å². The van der Waals surface area contributed by atoms with Crippen LogP contribution in [0.5, 0.6) is 0 Å². The third-order valence-corrected chi connectivity index (χ3v) is 5.65. The van der Waals surface area contributed by atoms with Crippen LogP contribution >= 0.6 is 11.3 Å². The van der Waals surface area contributed by atoms with Gasteiger partial charge in [-0.3, -0.25) is 0 Å². The highest BCUT2D eigenvalue weighted by Crippen LogP contribution is 2.34. The summed E-state index contributed by atoms with van der Waals surface area (Å²) in [4.78, 5) is 0.863. The fraction of sp³-hybridized carbons (Fsp3) is 0.769. The lowest BCUT2D eigenvalue weighted by molar-refractivity contribution is 0.193. The van der Waals surface area contributed by atoms with E-state index in [9.17, 15) is 0 Å². The molecule has 1 aliphatic rings. The molecule has 1 unspecified atom stereocenters. The van der Waals surface area contributed by atoms with Gasteiger partial charge in [0.15, 0.2) is 5.82 Å². The number of ether oxygens (including phenoxy) is 1. The molecule has 0 bridgehead atoms. The van der Waals surface area contributed by atoms with Crippen molar-refractivity contribution in [1.82, 2.24) is 19.8 Å². The zero-order chi connectivity index (χ0) is 14.2. The van der Waals surface area contributed by atoms with Crippen molar-refractivity contribution in [2.24, 2.45) is 5.73 Å². The van der Waals surface area contributed by atoms with Gasteiger partial charge < -0.3 is 10.5 Å². The van der Waals surface area contributed by atoms with Crippen LogP contribution in [0.25, 0.3) is 4.96 Å². The normalized spacial score (nSPS) is 20.1. The van der Waals surface area contributed by atoms with Crippen LogP contribution in [0, 0.1) is 0 Å². The van der Waals surface area contributed by atoms with Gasteiger partial charge in [0.1, 0.15) is 5.01 Å². The molecule has 1 saturated heterocycles. The number of hydrogen-bond donors (Lipinski definition) is 1. The van der Waals surface area contributed by atoms with E-state index < -0.39 is 0 Å². The van der Waals surface area contributed by atoms with Gasteiger partial charge in [-0.1, -0.05) is 25.2 Å². The Morgan fingerprint density at radius 3 is 2.80 bits per heavy atom. The van der Waals surface area contributed by atoms with Crippen molar-refractivity contribution in [3.05, 3.63) is 10.8 Å². The second kappa shape index (κ2) is 5.38. The first-order valence-electron chi connectivity index (χ1n) is 7.24. The molecule has 2 aromatic heterocycles. The van der Waals surface area contributed by atoms with Gasteiger partial charge in [0, 0.05) is 24.5 Å². The van der Waals surface area contributed by atoms with E-state index in [1.54, 1.807) is 11.3 Å². The van der Waals surface area contributed by atoms with E-state index in [-0.39, 0.29) is 5.41 Å². The summed E-state index contributed by atoms with van der Waals surface area (Å²) in [6, 6.07) is 0. The number of aromatic nitrogens is 4. The Morgan fingerprint density at radius 1 is 1.40 bits per heavy atom. The summed E-state index contributed by atoms with van der Waals surface area (Å²) in [6.07, 6.45) is 2.98. The second-order valence-electron chi connectivity index (χ2n) is 5.41. The molecular weight excluding hydrogens is 274 g/mol. The highest BCUT2D eigenvalue weighted by Gasteiger charge is 2.33. The molecule has 1 atom stereocenters. The van der Waals surface area contributed by atoms with Gasteiger partial charge in [0.2, 0.25) is 4.96 Å². The van der Waals surface area contributed by atoms with E-state index in [4.69, 9.17) is 15.6 Å². The minimum Gasteiger partial charge on any atom is -0.381 e. The van der Waals surface area contributed by atoms with Crippen LogP contribution in [0.2, 0.25) is 0 Å². The first-order valence-corrected chi connectivity index (χ1v) is 8.06. The standard InChI is InChI=1S/C13H21N5OS/c1-3-13(4-2,8-14)11-17-18-10(9-5-6-19-7-9)15-16-12(18)20-11/h9H,3-8,14H2,1-2H3. The Hall–Kier alpha value is -1.05. The van der Waals surface area contributed by atoms with E-state index in [1.807, 2.05) is 4.52 Å². The van der Waals surface area contributed by atoms with Crippen molar-refractivity contribution in [3.63, 3.8) is 0 Å². The third-order valence-electron chi connectivity index (χ3n) is 4.51. The second-order valence-corrected chi connectivity index (χ2v) is 6.37. The van der Waals surface area contributed by atoms with Crippen molar-refractivity contribution in [1.29, 1.82) is 0 Å². The summed E-state index contributed by atoms with van der Waals surface area (Å²) in [7, 11) is 0. The maximum atomic E-state index is 6.01. The quantitative estimate of drug-likeness (QED) is 0.908. The monoisotopic (exact) mass is 295 g/mol. The van der Waals surface area contributed by atoms with E-state index >= 15 is 0 Å². The molecule has 2 N–H and O–H groups in total. The Balaban J connectivity index is 2.02. The lowest BCUT2D eigenvalue weighted by atomic mass is 9.83. The molecule has 2 aromatic rings. The average Bonchev–Trinajstić information content (AvgIpc) is 3.17. The smallest absolute Gasteiger partial charge is 0.234 e. The number of rotatable bonds is 5. The van der Waals surface area contributed by atoms with Gasteiger partial charge >= 0.3 is 0 Å². The molecule has 7 heteroatoms. The number of fused-ring (bicyclic) bond motifs is 1. The summed E-state index contributed by atoms with van der Waals surface area (Å²) in [5, 5.41) is 14.4. The molecule has 1 aliphatic heterocycles. The average molecular weight is 295 g/mol. The first kappa shape index (κ1) is 13.9. The molecule has 20 heavy (non-hydrogen) atoms. The Kier molecular flexibility index (Phi) is 3.74. The van der Waals surface area contributed by atoms with Crippen molar-refractivity contribution in [2.45, 2.75) is 44.4 Å². The topological polar surface area (TPSA) is 78.3 Å². The predicted octanol–water partition coefficient (Wildman–Crippen LogP) is 1.71. The van der Waals surface area contributed by atoms with Gasteiger partial charge in [-0.2, -0.15) is 9.61 Å². The maximum absolute atomic E-state index is 6.01. The molecule has 0 saturated carbocycles. The molecule has 110 valence electrons. The summed E-state index contributed by atoms with van der Waals surface area (Å²) >= 11 is 1.62. The largest absolute Gasteiger partial charge is 0.381 e. The molecule has 1 fully saturated rings. The molecule has 0 radical (unpaired) electrons. The Bertz CT molecular complexity index is 574. The van der Waals surface area contributed by atoms with E-state index in [0.29, 0.717) is 12.5 Å². The van der Waals surface area contributed by atoms with Crippen LogP contribution in [0.3, 0.4) is 0 Å². The fourth-order valence-electron chi connectivity index (χ4n) is 2.77. The van der Waals surface area contributed by atoms with Crippen LogP contribution in [-0.2, 0) is 10.2 Å². The zero-order valence-corrected chi connectivity index (χ0v) is 12.8. The van der Waals surface area contributed by atoms with E-state index in [0.717, 1.165) is 48.3 Å². The van der Waals surface area contributed by atoms with E-state index in [1.165, 1.54) is 0 Å². The highest BCUT2D eigenvalue weighted by molar-refractivity contribution is 7.16. The molecular formula is C13H21N5OS. The molecule has 0 amide bonds. The van der Waals surface area contributed by atoms with Gasteiger partial charge in [-0.15, -0.1) is 10.2 Å². The summed E-state index contributed by atoms with van der Waals surface area (Å²) in [5.41, 5.74) is 5.98. The number of nitrogens with two attached hydrogens (primary N) is 1. The predicted molar refractivity (Wildman–Crippen MR) is 78.2 cm³/mol. The van der Waals surface area contributed by atoms with Crippen LogP contribution in [0.1, 0.15) is 49.9 Å². The van der Waals surface area contributed by atoms with Crippen LogP contribution < -0.4 is 5.73 Å². The first-order chi connectivity index (χ1) is 9.74. The molecule has 0 aromatic carbocycles. The van der Waals surface area contributed by atoms with Crippen LogP contribution in [-0.4, -0.2) is 39.6 Å². The van der Waals surface area contributed by atoms with Gasteiger partial charge in [-0.05, 0) is 19.3 Å². The lowest BCUT2D eigenvalue weighted by Gasteiger charge is -2.26. The van der Waals surface area contributed by atoms with Crippen molar-refractivity contribution >= 4 is 16.3 Å².